The molecule has 0 unspecified atom stereocenters. The molecule has 0 radical (unpaired) electrons. The molecule has 8 aromatic carbocycles. The number of aromatic nitrogens is 8. The number of para-hydroxylation sites is 7. The Labute approximate surface area is 373 Å². The minimum Gasteiger partial charge on any atom is -0.458 e. The number of hydrogen-bond acceptors (Lipinski definition) is 3. The third kappa shape index (κ3) is 5.55. The molecule has 13 rings (SSSR count). The van der Waals surface area contributed by atoms with Crippen LogP contribution in [-0.2, 0) is 0 Å². The smallest absolute Gasteiger partial charge is 0.269 e. The van der Waals surface area contributed by atoms with E-state index in [1.165, 1.54) is 10.8 Å². The third-order valence-electron chi connectivity index (χ3n) is 12.8. The Morgan fingerprint density at radius 2 is 1.23 bits per heavy atom. The highest BCUT2D eigenvalue weighted by Crippen LogP contribution is 2.37. The molecule has 13 aromatic rings. The van der Waals surface area contributed by atoms with Crippen LogP contribution in [0.3, 0.4) is 0 Å². The molecule has 0 N–H and O–H groups in total. The quantitative estimate of drug-likeness (QED) is 0.119. The zero-order valence-corrected chi connectivity index (χ0v) is 35.9. The van der Waals surface area contributed by atoms with Crippen molar-refractivity contribution < 1.29 is 9.30 Å². The number of fused-ring (bicyclic) bond motifs is 9. The summed E-state index contributed by atoms with van der Waals surface area (Å²) in [7, 11) is 0. The van der Waals surface area contributed by atoms with Gasteiger partial charge in [0.2, 0.25) is 11.7 Å². The number of benzene rings is 8. The lowest BCUT2D eigenvalue weighted by molar-refractivity contribution is -0.571. The van der Waals surface area contributed by atoms with Gasteiger partial charge in [0.15, 0.2) is 0 Å². The molecule has 0 fully saturated rings. The van der Waals surface area contributed by atoms with Crippen LogP contribution in [0.4, 0.5) is 0 Å². The molecule has 310 valence electrons. The molecule has 0 atom stereocenters. The van der Waals surface area contributed by atoms with Crippen LogP contribution in [0.15, 0.2) is 188 Å². The van der Waals surface area contributed by atoms with Crippen LogP contribution in [0.1, 0.15) is 16.7 Å². The Morgan fingerprint density at radius 1 is 0.538 bits per heavy atom. The maximum Gasteiger partial charge on any atom is 0.269 e. The first kappa shape index (κ1) is 36.9. The van der Waals surface area contributed by atoms with Gasteiger partial charge >= 0.3 is 0 Å². The third-order valence-corrected chi connectivity index (χ3v) is 12.8. The molecule has 5 aromatic heterocycles. The zero-order valence-electron chi connectivity index (χ0n) is 35.9. The first-order valence-corrected chi connectivity index (χ1v) is 21.8. The van der Waals surface area contributed by atoms with Crippen molar-refractivity contribution in [1.82, 2.24) is 32.6 Å². The highest BCUT2D eigenvalue weighted by molar-refractivity contribution is 6.11. The van der Waals surface area contributed by atoms with Crippen LogP contribution in [0, 0.1) is 27.1 Å². The monoisotopic (exact) mass is 840 g/mol. The largest absolute Gasteiger partial charge is 0.458 e. The molecule has 0 amide bonds. The lowest BCUT2D eigenvalue weighted by atomic mass is 10.1. The van der Waals surface area contributed by atoms with Crippen LogP contribution >= 0.6 is 0 Å². The molecule has 0 saturated heterocycles. The topological polar surface area (TPSA) is 63.0 Å². The molecule has 65 heavy (non-hydrogen) atoms. The fourth-order valence-corrected chi connectivity index (χ4v) is 9.95. The van der Waals surface area contributed by atoms with Gasteiger partial charge in [0.25, 0.3) is 6.33 Å². The second kappa shape index (κ2) is 14.2. The summed E-state index contributed by atoms with van der Waals surface area (Å²) in [6.07, 6.45) is 7.66. The van der Waals surface area contributed by atoms with Gasteiger partial charge in [-0.3, -0.25) is 18.1 Å². The number of ether oxygens (including phenoxy) is 1. The van der Waals surface area contributed by atoms with E-state index in [0.29, 0.717) is 11.5 Å². The van der Waals surface area contributed by atoms with Crippen LogP contribution in [0.2, 0.25) is 0 Å². The van der Waals surface area contributed by atoms with Gasteiger partial charge in [0, 0.05) is 34.9 Å². The van der Waals surface area contributed by atoms with Gasteiger partial charge in [0.1, 0.15) is 11.5 Å². The number of aryl methyl sites for hydroxylation is 3. The Kier molecular flexibility index (Phi) is 8.05. The van der Waals surface area contributed by atoms with E-state index in [9.17, 15) is 0 Å². The SMILES string of the molecule is Cc1cccc(C)c1-n1ccnc1-n1c2cc(Oc3cccc(-n4[c-][n+](-c5cccc6c7ccccc7n(-c7ccccc7)c56)c5ccccc54)c3)ccc2n2c3cccc(C)c3nc12. The van der Waals surface area contributed by atoms with Crippen molar-refractivity contribution in [2.24, 2.45) is 0 Å². The van der Waals surface area contributed by atoms with Gasteiger partial charge in [0.05, 0.1) is 61.2 Å². The van der Waals surface area contributed by atoms with Gasteiger partial charge in [-0.05, 0) is 98.1 Å². The second-order valence-corrected chi connectivity index (χ2v) is 16.7. The van der Waals surface area contributed by atoms with Crippen molar-refractivity contribution in [3.63, 3.8) is 0 Å². The Bertz CT molecular complexity index is 4010. The summed E-state index contributed by atoms with van der Waals surface area (Å²) >= 11 is 0. The number of nitrogens with zero attached hydrogens (tertiary/aromatic N) is 8. The fraction of sp³-hybridized carbons (Fsp3) is 0.0536. The molecule has 0 spiro atoms. The predicted molar refractivity (Wildman–Crippen MR) is 259 cm³/mol. The number of rotatable bonds is 7. The lowest BCUT2D eigenvalue weighted by Crippen LogP contribution is -2.30. The summed E-state index contributed by atoms with van der Waals surface area (Å²) in [6, 6.07) is 61.5. The molecular formula is C56H40N8O. The van der Waals surface area contributed by atoms with E-state index in [-0.39, 0.29) is 0 Å². The highest BCUT2D eigenvalue weighted by Gasteiger charge is 2.24. The van der Waals surface area contributed by atoms with Crippen molar-refractivity contribution >= 4 is 60.7 Å². The predicted octanol–water partition coefficient (Wildman–Crippen LogP) is 12.5. The Morgan fingerprint density at radius 3 is 2.11 bits per heavy atom. The van der Waals surface area contributed by atoms with E-state index in [2.05, 4.69) is 212 Å². The van der Waals surface area contributed by atoms with Gasteiger partial charge in [-0.2, -0.15) is 0 Å². The van der Waals surface area contributed by atoms with Crippen LogP contribution in [0.25, 0.3) is 89.4 Å². The van der Waals surface area contributed by atoms with Crippen molar-refractivity contribution in [3.05, 3.63) is 211 Å². The van der Waals surface area contributed by atoms with E-state index < -0.39 is 0 Å². The van der Waals surface area contributed by atoms with Gasteiger partial charge in [-0.25, -0.2) is 14.5 Å². The maximum absolute atomic E-state index is 6.81. The van der Waals surface area contributed by atoms with Crippen LogP contribution in [0.5, 0.6) is 11.5 Å². The second-order valence-electron chi connectivity index (χ2n) is 16.7. The number of imidazole rings is 4. The van der Waals surface area contributed by atoms with Crippen LogP contribution in [-0.4, -0.2) is 32.6 Å². The van der Waals surface area contributed by atoms with Gasteiger partial charge < -0.3 is 9.30 Å². The minimum absolute atomic E-state index is 0.694. The first-order chi connectivity index (χ1) is 32.0. The van der Waals surface area contributed by atoms with E-state index in [1.807, 2.05) is 30.6 Å². The standard InChI is InChI=1S/C56H40N8O/c1-36-15-12-27-49-52(36)58-56-63(49)48-30-29-42(34-51(48)64(56)55-57-31-32-59(55)53-37(2)16-11-17-38(53)3)65-41-21-13-20-40(33-41)60-35-61(47-26-10-9-25-46(47)60)50-28-14-23-44-43-22-7-8-24-45(43)62(54(44)50)39-18-5-4-6-19-39/h4-34H,1-3H3. The fourth-order valence-electron chi connectivity index (χ4n) is 9.95. The van der Waals surface area contributed by atoms with Crippen molar-refractivity contribution in [3.8, 4) is 40.2 Å². The van der Waals surface area contributed by atoms with E-state index >= 15 is 0 Å². The molecule has 9 heteroatoms. The zero-order chi connectivity index (χ0) is 43.3. The van der Waals surface area contributed by atoms with E-state index in [4.69, 9.17) is 14.7 Å². The van der Waals surface area contributed by atoms with Crippen molar-refractivity contribution in [2.75, 3.05) is 0 Å². The molecule has 9 nitrogen and oxygen atoms in total. The Balaban J connectivity index is 0.947. The maximum atomic E-state index is 6.81. The van der Waals surface area contributed by atoms with Gasteiger partial charge in [-0.1, -0.05) is 109 Å². The molecule has 5 heterocycles. The average Bonchev–Trinajstić information content (AvgIpc) is 4.16. The average molecular weight is 841 g/mol. The van der Waals surface area contributed by atoms with E-state index in [0.717, 1.165) is 95.3 Å². The molecular weight excluding hydrogens is 801 g/mol. The van der Waals surface area contributed by atoms with Crippen LogP contribution < -0.4 is 9.30 Å². The summed E-state index contributed by atoms with van der Waals surface area (Å²) in [6.45, 7) is 6.39. The van der Waals surface area contributed by atoms with Crippen molar-refractivity contribution in [1.29, 1.82) is 0 Å². The molecule has 0 bridgehead atoms. The minimum atomic E-state index is 0.694. The van der Waals surface area contributed by atoms with E-state index in [1.54, 1.807) is 0 Å². The molecule has 0 saturated carbocycles. The first-order valence-electron chi connectivity index (χ1n) is 21.8. The lowest BCUT2D eigenvalue weighted by Gasteiger charge is -2.15. The Hall–Kier alpha value is -8.69. The highest BCUT2D eigenvalue weighted by atomic mass is 16.5. The molecule has 0 aliphatic carbocycles. The summed E-state index contributed by atoms with van der Waals surface area (Å²) in [5.41, 5.74) is 15.9. The summed E-state index contributed by atoms with van der Waals surface area (Å²) < 4.78 is 20.0. The summed E-state index contributed by atoms with van der Waals surface area (Å²) in [5, 5.41) is 2.39. The van der Waals surface area contributed by atoms with Crippen molar-refractivity contribution in [2.45, 2.75) is 20.8 Å². The normalized spacial score (nSPS) is 11.9. The summed E-state index contributed by atoms with van der Waals surface area (Å²) in [5.74, 6) is 2.92. The van der Waals surface area contributed by atoms with Gasteiger partial charge in [-0.15, -0.1) is 0 Å². The molecule has 0 aliphatic rings. The number of hydrogen-bond donors (Lipinski definition) is 0. The molecule has 0 aliphatic heterocycles. The summed E-state index contributed by atoms with van der Waals surface area (Å²) in [4.78, 5) is 10.3.